The van der Waals surface area contributed by atoms with Gasteiger partial charge in [0, 0.05) is 4.88 Å². The number of hydrogen-bond donors (Lipinski definition) is 2. The normalized spacial score (nSPS) is 23.2. The Bertz CT molecular complexity index is 282. The molecule has 1 aliphatic carbocycles. The van der Waals surface area contributed by atoms with E-state index in [0.717, 1.165) is 29.1 Å². The van der Waals surface area contributed by atoms with Gasteiger partial charge in [0.25, 0.3) is 0 Å². The van der Waals surface area contributed by atoms with Gasteiger partial charge in [-0.05, 0) is 30.9 Å². The van der Waals surface area contributed by atoms with E-state index in [4.69, 9.17) is 5.73 Å². The number of fused-ring (bicyclic) bond motifs is 1. The molecule has 3 heteroatoms. The molecule has 1 heterocycles. The molecule has 0 fully saturated rings. The Balaban J connectivity index is 2.38. The molecule has 0 saturated carbocycles. The van der Waals surface area contributed by atoms with Crippen molar-refractivity contribution >= 4 is 16.3 Å². The second-order valence-electron chi connectivity index (χ2n) is 3.30. The zero-order valence-corrected chi connectivity index (χ0v) is 7.73. The standard InChI is InChI=1S/C9H13NOS/c10-8-5-6-3-1-2-4-7(11)9(6)12-8/h5,7,11H,1-4,10H2. The number of aryl methyl sites for hydroxylation is 1. The van der Waals surface area contributed by atoms with Gasteiger partial charge >= 0.3 is 0 Å². The molecular formula is C9H13NOS. The Morgan fingerprint density at radius 1 is 1.50 bits per heavy atom. The van der Waals surface area contributed by atoms with Crippen LogP contribution in [0, 0.1) is 0 Å². The number of rotatable bonds is 0. The first-order valence-corrected chi connectivity index (χ1v) is 5.15. The van der Waals surface area contributed by atoms with E-state index in [-0.39, 0.29) is 6.10 Å². The highest BCUT2D eigenvalue weighted by atomic mass is 32.1. The lowest BCUT2D eigenvalue weighted by Gasteiger charge is -2.04. The highest BCUT2D eigenvalue weighted by Gasteiger charge is 2.18. The van der Waals surface area contributed by atoms with Crippen LogP contribution in [0.4, 0.5) is 5.00 Å². The zero-order chi connectivity index (χ0) is 8.55. The number of thiophene rings is 1. The summed E-state index contributed by atoms with van der Waals surface area (Å²) in [7, 11) is 0. The maximum Gasteiger partial charge on any atom is 0.0885 e. The summed E-state index contributed by atoms with van der Waals surface area (Å²) in [5, 5.41) is 10.5. The maximum atomic E-state index is 9.71. The van der Waals surface area contributed by atoms with Crippen LogP contribution in [-0.2, 0) is 6.42 Å². The van der Waals surface area contributed by atoms with Crippen LogP contribution in [0.5, 0.6) is 0 Å². The monoisotopic (exact) mass is 183 g/mol. The third-order valence-electron chi connectivity index (χ3n) is 2.34. The van der Waals surface area contributed by atoms with Crippen molar-refractivity contribution in [1.82, 2.24) is 0 Å². The number of hydrogen-bond acceptors (Lipinski definition) is 3. The molecule has 1 atom stereocenters. The average Bonchev–Trinajstić information content (AvgIpc) is 2.33. The fraction of sp³-hybridized carbons (Fsp3) is 0.556. The number of nitrogen functional groups attached to an aromatic ring is 1. The number of aliphatic hydroxyl groups excluding tert-OH is 1. The Labute approximate surface area is 76.0 Å². The smallest absolute Gasteiger partial charge is 0.0885 e. The lowest BCUT2D eigenvalue weighted by Crippen LogP contribution is -1.92. The molecule has 3 N–H and O–H groups in total. The summed E-state index contributed by atoms with van der Waals surface area (Å²) < 4.78 is 0. The number of aliphatic hydroxyl groups is 1. The molecule has 1 aliphatic rings. The minimum absolute atomic E-state index is 0.259. The molecule has 2 nitrogen and oxygen atoms in total. The van der Waals surface area contributed by atoms with Crippen molar-refractivity contribution in [1.29, 1.82) is 0 Å². The topological polar surface area (TPSA) is 46.2 Å². The second-order valence-corrected chi connectivity index (χ2v) is 4.42. The molecule has 0 spiro atoms. The minimum atomic E-state index is -0.259. The van der Waals surface area contributed by atoms with E-state index in [1.54, 1.807) is 0 Å². The Morgan fingerprint density at radius 3 is 3.17 bits per heavy atom. The van der Waals surface area contributed by atoms with Gasteiger partial charge < -0.3 is 10.8 Å². The predicted octanol–water partition coefficient (Wildman–Crippen LogP) is 2.09. The Hall–Kier alpha value is -0.540. The van der Waals surface area contributed by atoms with E-state index >= 15 is 0 Å². The van der Waals surface area contributed by atoms with E-state index in [1.165, 1.54) is 23.3 Å². The molecular weight excluding hydrogens is 170 g/mol. The van der Waals surface area contributed by atoms with Crippen molar-refractivity contribution in [2.24, 2.45) is 0 Å². The van der Waals surface area contributed by atoms with Crippen LogP contribution in [0.1, 0.15) is 35.8 Å². The van der Waals surface area contributed by atoms with Crippen molar-refractivity contribution in [3.05, 3.63) is 16.5 Å². The third kappa shape index (κ3) is 1.34. The molecule has 0 aromatic carbocycles. The summed E-state index contributed by atoms with van der Waals surface area (Å²) in [6, 6.07) is 2.01. The number of nitrogens with two attached hydrogens (primary N) is 1. The van der Waals surface area contributed by atoms with E-state index in [0.29, 0.717) is 0 Å². The first kappa shape index (κ1) is 8.08. The van der Waals surface area contributed by atoms with Crippen molar-refractivity contribution in [2.45, 2.75) is 31.8 Å². The van der Waals surface area contributed by atoms with Gasteiger partial charge in [-0.25, -0.2) is 0 Å². The van der Waals surface area contributed by atoms with Crippen LogP contribution < -0.4 is 5.73 Å². The van der Waals surface area contributed by atoms with E-state index < -0.39 is 0 Å². The fourth-order valence-electron chi connectivity index (χ4n) is 1.73. The SMILES string of the molecule is Nc1cc2c(s1)C(O)CCCC2. The van der Waals surface area contributed by atoms with Crippen LogP contribution in [0.2, 0.25) is 0 Å². The van der Waals surface area contributed by atoms with E-state index in [9.17, 15) is 5.11 Å². The summed E-state index contributed by atoms with van der Waals surface area (Å²) in [5.74, 6) is 0. The van der Waals surface area contributed by atoms with Gasteiger partial charge in [0.2, 0.25) is 0 Å². The molecule has 12 heavy (non-hydrogen) atoms. The van der Waals surface area contributed by atoms with Gasteiger partial charge in [-0.15, -0.1) is 11.3 Å². The van der Waals surface area contributed by atoms with Crippen LogP contribution in [0.15, 0.2) is 6.07 Å². The molecule has 0 aliphatic heterocycles. The summed E-state index contributed by atoms with van der Waals surface area (Å²) in [5.41, 5.74) is 6.95. The quantitative estimate of drug-likeness (QED) is 0.605. The molecule has 0 bridgehead atoms. The summed E-state index contributed by atoms with van der Waals surface area (Å²) >= 11 is 1.54. The van der Waals surface area contributed by atoms with E-state index in [1.807, 2.05) is 6.07 Å². The Kier molecular flexibility index (Phi) is 2.07. The molecule has 1 aromatic heterocycles. The molecule has 0 radical (unpaired) electrons. The van der Waals surface area contributed by atoms with Crippen LogP contribution >= 0.6 is 11.3 Å². The first-order valence-electron chi connectivity index (χ1n) is 4.33. The summed E-state index contributed by atoms with van der Waals surface area (Å²) in [6.07, 6.45) is 4.03. The average molecular weight is 183 g/mol. The molecule has 2 rings (SSSR count). The van der Waals surface area contributed by atoms with Gasteiger partial charge in [0.1, 0.15) is 0 Å². The van der Waals surface area contributed by atoms with Crippen LogP contribution in [0.25, 0.3) is 0 Å². The lowest BCUT2D eigenvalue weighted by atomic mass is 10.1. The predicted molar refractivity (Wildman–Crippen MR) is 51.2 cm³/mol. The highest BCUT2D eigenvalue weighted by molar-refractivity contribution is 7.16. The van der Waals surface area contributed by atoms with Crippen molar-refractivity contribution in [3.63, 3.8) is 0 Å². The summed E-state index contributed by atoms with van der Waals surface area (Å²) in [6.45, 7) is 0. The minimum Gasteiger partial charge on any atom is -0.391 e. The van der Waals surface area contributed by atoms with Gasteiger partial charge in [-0.3, -0.25) is 0 Å². The fourth-order valence-corrected chi connectivity index (χ4v) is 2.73. The maximum absolute atomic E-state index is 9.71. The van der Waals surface area contributed by atoms with Crippen LogP contribution in [0.3, 0.4) is 0 Å². The van der Waals surface area contributed by atoms with E-state index in [2.05, 4.69) is 0 Å². The molecule has 1 aromatic rings. The Morgan fingerprint density at radius 2 is 2.33 bits per heavy atom. The van der Waals surface area contributed by atoms with Crippen molar-refractivity contribution in [2.75, 3.05) is 5.73 Å². The molecule has 1 unspecified atom stereocenters. The second kappa shape index (κ2) is 3.07. The lowest BCUT2D eigenvalue weighted by molar-refractivity contribution is 0.170. The molecule has 0 saturated heterocycles. The van der Waals surface area contributed by atoms with Crippen LogP contribution in [-0.4, -0.2) is 5.11 Å². The van der Waals surface area contributed by atoms with Gasteiger partial charge in [-0.1, -0.05) is 6.42 Å². The highest BCUT2D eigenvalue weighted by Crippen LogP contribution is 2.36. The first-order chi connectivity index (χ1) is 5.77. The molecule has 0 amide bonds. The van der Waals surface area contributed by atoms with Crippen molar-refractivity contribution < 1.29 is 5.11 Å². The number of anilines is 1. The summed E-state index contributed by atoms with van der Waals surface area (Å²) in [4.78, 5) is 1.10. The largest absolute Gasteiger partial charge is 0.391 e. The molecule has 66 valence electrons. The van der Waals surface area contributed by atoms with Gasteiger partial charge in [0.15, 0.2) is 0 Å². The van der Waals surface area contributed by atoms with Gasteiger partial charge in [-0.2, -0.15) is 0 Å². The van der Waals surface area contributed by atoms with Crippen molar-refractivity contribution in [3.8, 4) is 0 Å². The third-order valence-corrected chi connectivity index (χ3v) is 3.44. The zero-order valence-electron chi connectivity index (χ0n) is 6.92. The van der Waals surface area contributed by atoms with Gasteiger partial charge in [0.05, 0.1) is 11.1 Å².